The van der Waals surface area contributed by atoms with Crippen molar-refractivity contribution >= 4 is 23.5 Å². The third-order valence-corrected chi connectivity index (χ3v) is 3.01. The van der Waals surface area contributed by atoms with Gasteiger partial charge < -0.3 is 4.74 Å². The third kappa shape index (κ3) is 4.16. The predicted octanol–water partition coefficient (Wildman–Crippen LogP) is 3.23. The molecule has 0 saturated carbocycles. The standard InChI is InChI=1S/C15H16ClN3O2/c1-10-8-9-17-14(18-10)19-13(20)15(2,3)21-12-6-4-11(16)5-7-12/h4-9H,1-3H3,(H,17,18,19,20). The van der Waals surface area contributed by atoms with Crippen molar-refractivity contribution in [2.24, 2.45) is 0 Å². The van der Waals surface area contributed by atoms with Crippen LogP contribution in [0.3, 0.4) is 0 Å². The molecule has 0 aliphatic heterocycles. The molecule has 1 aromatic carbocycles. The Balaban J connectivity index is 2.07. The monoisotopic (exact) mass is 305 g/mol. The summed E-state index contributed by atoms with van der Waals surface area (Å²) in [6.45, 7) is 5.17. The van der Waals surface area contributed by atoms with Crippen LogP contribution in [0.15, 0.2) is 36.5 Å². The second-order valence-electron chi connectivity index (χ2n) is 5.04. The molecule has 6 heteroatoms. The number of nitrogens with one attached hydrogen (secondary N) is 1. The lowest BCUT2D eigenvalue weighted by molar-refractivity contribution is -0.128. The molecule has 0 fully saturated rings. The van der Waals surface area contributed by atoms with Gasteiger partial charge in [0.25, 0.3) is 5.91 Å². The van der Waals surface area contributed by atoms with Gasteiger partial charge in [-0.2, -0.15) is 0 Å². The Morgan fingerprint density at radius 1 is 1.24 bits per heavy atom. The summed E-state index contributed by atoms with van der Waals surface area (Å²) < 4.78 is 5.69. The van der Waals surface area contributed by atoms with E-state index in [1.54, 1.807) is 50.4 Å². The lowest BCUT2D eigenvalue weighted by Gasteiger charge is -2.24. The number of hydrogen-bond donors (Lipinski definition) is 1. The van der Waals surface area contributed by atoms with Crippen LogP contribution in [0.5, 0.6) is 5.75 Å². The number of anilines is 1. The first-order chi connectivity index (χ1) is 9.87. The van der Waals surface area contributed by atoms with Crippen LogP contribution < -0.4 is 10.1 Å². The third-order valence-electron chi connectivity index (χ3n) is 2.75. The van der Waals surface area contributed by atoms with Gasteiger partial charge in [0, 0.05) is 16.9 Å². The number of nitrogens with zero attached hydrogens (tertiary/aromatic N) is 2. The van der Waals surface area contributed by atoms with Crippen LogP contribution in [-0.2, 0) is 4.79 Å². The fraction of sp³-hybridized carbons (Fsp3) is 0.267. The van der Waals surface area contributed by atoms with Crippen molar-refractivity contribution in [3.63, 3.8) is 0 Å². The van der Waals surface area contributed by atoms with Crippen molar-refractivity contribution in [3.8, 4) is 5.75 Å². The summed E-state index contributed by atoms with van der Waals surface area (Å²) in [5.41, 5.74) is -0.294. The van der Waals surface area contributed by atoms with Crippen LogP contribution in [0.1, 0.15) is 19.5 Å². The first-order valence-corrected chi connectivity index (χ1v) is 6.80. The van der Waals surface area contributed by atoms with Crippen molar-refractivity contribution < 1.29 is 9.53 Å². The van der Waals surface area contributed by atoms with E-state index >= 15 is 0 Å². The molecule has 1 N–H and O–H groups in total. The number of hydrogen-bond acceptors (Lipinski definition) is 4. The summed E-state index contributed by atoms with van der Waals surface area (Å²) in [6, 6.07) is 8.58. The van der Waals surface area contributed by atoms with Gasteiger partial charge in [-0.25, -0.2) is 9.97 Å². The zero-order valence-electron chi connectivity index (χ0n) is 12.1. The van der Waals surface area contributed by atoms with Gasteiger partial charge in [-0.1, -0.05) is 11.6 Å². The van der Waals surface area contributed by atoms with Crippen LogP contribution in [0.4, 0.5) is 5.95 Å². The van der Waals surface area contributed by atoms with Crippen LogP contribution in [-0.4, -0.2) is 21.5 Å². The van der Waals surface area contributed by atoms with Crippen LogP contribution in [0.2, 0.25) is 5.02 Å². The number of carbonyl (C=O) groups is 1. The molecule has 0 saturated heterocycles. The molecule has 21 heavy (non-hydrogen) atoms. The summed E-state index contributed by atoms with van der Waals surface area (Å²) in [5.74, 6) is 0.487. The zero-order chi connectivity index (χ0) is 15.5. The zero-order valence-corrected chi connectivity index (χ0v) is 12.8. The maximum absolute atomic E-state index is 12.3. The Morgan fingerprint density at radius 2 is 1.90 bits per heavy atom. The smallest absolute Gasteiger partial charge is 0.270 e. The van der Waals surface area contributed by atoms with Crippen LogP contribution in [0, 0.1) is 6.92 Å². The van der Waals surface area contributed by atoms with E-state index in [2.05, 4.69) is 15.3 Å². The average molecular weight is 306 g/mol. The maximum Gasteiger partial charge on any atom is 0.270 e. The van der Waals surface area contributed by atoms with Gasteiger partial charge in [0.05, 0.1) is 0 Å². The lowest BCUT2D eigenvalue weighted by atomic mass is 10.1. The minimum atomic E-state index is -1.07. The van der Waals surface area contributed by atoms with E-state index in [9.17, 15) is 4.79 Å². The van der Waals surface area contributed by atoms with E-state index in [1.165, 1.54) is 0 Å². The molecular weight excluding hydrogens is 290 g/mol. The van der Waals surface area contributed by atoms with Crippen molar-refractivity contribution in [1.29, 1.82) is 0 Å². The van der Waals surface area contributed by atoms with Gasteiger partial charge >= 0.3 is 0 Å². The van der Waals surface area contributed by atoms with E-state index in [-0.39, 0.29) is 11.9 Å². The Morgan fingerprint density at radius 3 is 2.52 bits per heavy atom. The number of aromatic nitrogens is 2. The molecule has 110 valence electrons. The highest BCUT2D eigenvalue weighted by Crippen LogP contribution is 2.21. The molecule has 0 bridgehead atoms. The van der Waals surface area contributed by atoms with Crippen molar-refractivity contribution in [2.45, 2.75) is 26.4 Å². The molecule has 2 aromatic rings. The van der Waals surface area contributed by atoms with Crippen molar-refractivity contribution in [1.82, 2.24) is 9.97 Å². The van der Waals surface area contributed by atoms with Gasteiger partial charge in [-0.05, 0) is 51.1 Å². The second kappa shape index (κ2) is 6.10. The van der Waals surface area contributed by atoms with Gasteiger partial charge in [0.1, 0.15) is 5.75 Å². The quantitative estimate of drug-likeness (QED) is 0.942. The summed E-state index contributed by atoms with van der Waals surface area (Å²) >= 11 is 5.82. The van der Waals surface area contributed by atoms with Crippen molar-refractivity contribution in [2.75, 3.05) is 5.32 Å². The second-order valence-corrected chi connectivity index (χ2v) is 5.48. The molecule has 5 nitrogen and oxygen atoms in total. The van der Waals surface area contributed by atoms with Gasteiger partial charge in [-0.3, -0.25) is 10.1 Å². The van der Waals surface area contributed by atoms with E-state index in [0.717, 1.165) is 5.69 Å². The fourth-order valence-electron chi connectivity index (χ4n) is 1.60. The number of benzene rings is 1. The molecule has 0 unspecified atom stereocenters. The SMILES string of the molecule is Cc1ccnc(NC(=O)C(C)(C)Oc2ccc(Cl)cc2)n1. The highest BCUT2D eigenvalue weighted by Gasteiger charge is 2.30. The predicted molar refractivity (Wildman–Crippen MR) is 81.6 cm³/mol. The van der Waals surface area contributed by atoms with E-state index in [0.29, 0.717) is 10.8 Å². The van der Waals surface area contributed by atoms with Crippen molar-refractivity contribution in [3.05, 3.63) is 47.2 Å². The molecule has 1 aromatic heterocycles. The van der Waals surface area contributed by atoms with E-state index in [4.69, 9.17) is 16.3 Å². The minimum absolute atomic E-state index is 0.257. The fourth-order valence-corrected chi connectivity index (χ4v) is 1.73. The van der Waals surface area contributed by atoms with Gasteiger partial charge in [-0.15, -0.1) is 0 Å². The van der Waals surface area contributed by atoms with Gasteiger partial charge in [0.2, 0.25) is 5.95 Å². The molecule has 0 aliphatic rings. The minimum Gasteiger partial charge on any atom is -0.478 e. The summed E-state index contributed by atoms with van der Waals surface area (Å²) in [7, 11) is 0. The van der Waals surface area contributed by atoms with Crippen LogP contribution in [0.25, 0.3) is 0 Å². The highest BCUT2D eigenvalue weighted by atomic mass is 35.5. The first kappa shape index (κ1) is 15.3. The average Bonchev–Trinajstić information content (AvgIpc) is 2.41. The molecule has 1 heterocycles. The number of rotatable bonds is 4. The Labute approximate surface area is 128 Å². The number of carbonyl (C=O) groups excluding carboxylic acids is 1. The topological polar surface area (TPSA) is 64.1 Å². The summed E-state index contributed by atoms with van der Waals surface area (Å²) in [6.07, 6.45) is 1.59. The molecule has 1 amide bonds. The lowest BCUT2D eigenvalue weighted by Crippen LogP contribution is -2.42. The summed E-state index contributed by atoms with van der Waals surface area (Å²) in [4.78, 5) is 20.4. The molecular formula is C15H16ClN3O2. The Bertz CT molecular complexity index is 642. The number of halogens is 1. The molecule has 0 aliphatic carbocycles. The van der Waals surface area contributed by atoms with E-state index < -0.39 is 5.60 Å². The summed E-state index contributed by atoms with van der Waals surface area (Å²) in [5, 5.41) is 3.25. The first-order valence-electron chi connectivity index (χ1n) is 6.42. The normalized spacial score (nSPS) is 11.0. The molecule has 0 spiro atoms. The Kier molecular flexibility index (Phi) is 4.43. The largest absolute Gasteiger partial charge is 0.478 e. The molecule has 0 atom stereocenters. The number of aryl methyl sites for hydroxylation is 1. The molecule has 0 radical (unpaired) electrons. The number of amides is 1. The highest BCUT2D eigenvalue weighted by molar-refractivity contribution is 6.30. The maximum atomic E-state index is 12.3. The number of ether oxygens (including phenoxy) is 1. The van der Waals surface area contributed by atoms with E-state index in [1.807, 2.05) is 6.92 Å². The van der Waals surface area contributed by atoms with Gasteiger partial charge in [0.15, 0.2) is 5.60 Å². The Hall–Kier alpha value is -2.14. The van der Waals surface area contributed by atoms with Crippen LogP contribution >= 0.6 is 11.6 Å². The molecule has 2 rings (SSSR count).